The smallest absolute Gasteiger partial charge is 0.313 e. The van der Waals surface area contributed by atoms with Gasteiger partial charge in [0, 0.05) is 12.6 Å². The zero-order chi connectivity index (χ0) is 17.7. The average molecular weight is 363 g/mol. The molecule has 24 heavy (non-hydrogen) atoms. The number of thiocarbonyl (C=S) groups is 1. The molecule has 0 spiro atoms. The summed E-state index contributed by atoms with van der Waals surface area (Å²) in [7, 11) is -3.64. The van der Waals surface area contributed by atoms with E-state index in [1.165, 1.54) is 0 Å². The summed E-state index contributed by atoms with van der Waals surface area (Å²) in [4.78, 5) is 0.201. The minimum atomic E-state index is -3.64. The van der Waals surface area contributed by atoms with Gasteiger partial charge in [0.1, 0.15) is 4.90 Å². The highest BCUT2D eigenvalue weighted by Gasteiger charge is 2.16. The predicted molar refractivity (Wildman–Crippen MR) is 101 cm³/mol. The molecule has 0 aliphatic rings. The van der Waals surface area contributed by atoms with Crippen LogP contribution in [-0.4, -0.2) is 19.4 Å². The van der Waals surface area contributed by atoms with Gasteiger partial charge in [-0.2, -0.15) is 12.8 Å². The van der Waals surface area contributed by atoms with Crippen LogP contribution in [0.1, 0.15) is 18.1 Å². The first-order valence-electron chi connectivity index (χ1n) is 7.34. The zero-order valence-electron chi connectivity index (χ0n) is 13.8. The van der Waals surface area contributed by atoms with E-state index in [1.807, 2.05) is 38.1 Å². The van der Waals surface area contributed by atoms with E-state index >= 15 is 0 Å². The van der Waals surface area contributed by atoms with E-state index in [-0.39, 0.29) is 4.90 Å². The number of rotatable bonds is 3. The summed E-state index contributed by atoms with van der Waals surface area (Å²) in [5.41, 5.74) is 2.97. The van der Waals surface area contributed by atoms with E-state index in [1.54, 1.807) is 31.2 Å². The lowest BCUT2D eigenvalue weighted by Crippen LogP contribution is -2.79. The quantitative estimate of drug-likeness (QED) is 0.438. The summed E-state index contributed by atoms with van der Waals surface area (Å²) in [5, 5.41) is 6.13. The SMILES string of the molecule is CC(NC(=S)Nc1ccc(C)cc1)=[NH+]S(=O)(=O)c1ccc(C)cc1. The van der Waals surface area contributed by atoms with Crippen molar-refractivity contribution in [3.05, 3.63) is 59.7 Å². The van der Waals surface area contributed by atoms with Crippen molar-refractivity contribution in [3.63, 3.8) is 0 Å². The lowest BCUT2D eigenvalue weighted by Gasteiger charge is -2.05. The van der Waals surface area contributed by atoms with E-state index in [2.05, 4.69) is 15.0 Å². The molecule has 0 atom stereocenters. The molecule has 0 saturated heterocycles. The Morgan fingerprint density at radius 1 is 0.958 bits per heavy atom. The third-order valence-electron chi connectivity index (χ3n) is 3.23. The highest BCUT2D eigenvalue weighted by atomic mass is 32.2. The van der Waals surface area contributed by atoms with Crippen molar-refractivity contribution in [3.8, 4) is 0 Å². The average Bonchev–Trinajstić information content (AvgIpc) is 2.49. The molecule has 0 bridgehead atoms. The van der Waals surface area contributed by atoms with E-state index in [4.69, 9.17) is 12.2 Å². The van der Waals surface area contributed by atoms with Crippen molar-refractivity contribution in [2.24, 2.45) is 0 Å². The van der Waals surface area contributed by atoms with Crippen LogP contribution in [0, 0.1) is 13.8 Å². The molecule has 7 heteroatoms. The molecule has 2 aromatic rings. The van der Waals surface area contributed by atoms with Crippen LogP contribution >= 0.6 is 12.2 Å². The maximum Gasteiger partial charge on any atom is 0.328 e. The van der Waals surface area contributed by atoms with Crippen LogP contribution < -0.4 is 15.0 Å². The van der Waals surface area contributed by atoms with Crippen LogP contribution in [0.15, 0.2) is 53.4 Å². The van der Waals surface area contributed by atoms with E-state index in [0.29, 0.717) is 10.9 Å². The molecule has 0 heterocycles. The molecule has 0 amide bonds. The lowest BCUT2D eigenvalue weighted by molar-refractivity contribution is -0.270. The topological polar surface area (TPSA) is 72.2 Å². The number of hydrogen-bond acceptors (Lipinski definition) is 3. The first-order chi connectivity index (χ1) is 11.3. The summed E-state index contributed by atoms with van der Waals surface area (Å²) in [6, 6.07) is 14.3. The Morgan fingerprint density at radius 3 is 2.00 bits per heavy atom. The Balaban J connectivity index is 2.05. The monoisotopic (exact) mass is 362 g/mol. The standard InChI is InChI=1S/C17H19N3O2S2/c1-12-4-8-15(9-5-12)19-17(23)18-14(3)20-24(21,22)16-10-6-13(2)7-11-16/h4-11H,1-3H3,(H2,18,19,20,23)/p+1. The van der Waals surface area contributed by atoms with Gasteiger partial charge in [-0.1, -0.05) is 35.4 Å². The fourth-order valence-electron chi connectivity index (χ4n) is 1.97. The molecular weight excluding hydrogens is 342 g/mol. The fourth-order valence-corrected chi connectivity index (χ4v) is 3.31. The second kappa shape index (κ2) is 7.55. The van der Waals surface area contributed by atoms with Gasteiger partial charge in [0.05, 0.1) is 0 Å². The number of aryl methyl sites for hydroxylation is 2. The molecule has 0 aliphatic heterocycles. The van der Waals surface area contributed by atoms with Crippen LogP contribution in [-0.2, 0) is 10.0 Å². The van der Waals surface area contributed by atoms with Gasteiger partial charge in [-0.05, 0) is 50.3 Å². The van der Waals surface area contributed by atoms with Gasteiger partial charge >= 0.3 is 10.0 Å². The second-order valence-electron chi connectivity index (χ2n) is 5.49. The molecule has 0 unspecified atom stereocenters. The molecular formula is C17H20N3O2S2+. The molecule has 0 aromatic heterocycles. The normalized spacial score (nSPS) is 11.9. The first-order valence-corrected chi connectivity index (χ1v) is 9.23. The highest BCUT2D eigenvalue weighted by Crippen LogP contribution is 2.08. The van der Waals surface area contributed by atoms with Gasteiger partial charge in [0.2, 0.25) is 0 Å². The molecule has 126 valence electrons. The fraction of sp³-hybridized carbons (Fsp3) is 0.176. The molecule has 2 rings (SSSR count). The largest absolute Gasteiger partial charge is 0.328 e. The number of sulfonamides is 1. The van der Waals surface area contributed by atoms with Crippen molar-refractivity contribution in [2.45, 2.75) is 25.7 Å². The highest BCUT2D eigenvalue weighted by molar-refractivity contribution is 7.84. The molecule has 0 fully saturated rings. The third-order valence-corrected chi connectivity index (χ3v) is 4.90. The van der Waals surface area contributed by atoms with Crippen LogP contribution in [0.4, 0.5) is 5.69 Å². The second-order valence-corrected chi connectivity index (χ2v) is 7.58. The Morgan fingerprint density at radius 2 is 1.46 bits per heavy atom. The first kappa shape index (κ1) is 18.1. The maximum atomic E-state index is 12.3. The maximum absolute atomic E-state index is 12.3. The van der Waals surface area contributed by atoms with Gasteiger partial charge in [0.25, 0.3) is 10.9 Å². The van der Waals surface area contributed by atoms with E-state index in [0.717, 1.165) is 16.8 Å². The van der Waals surface area contributed by atoms with Crippen LogP contribution in [0.25, 0.3) is 0 Å². The Hall–Kier alpha value is -2.25. The Kier molecular flexibility index (Phi) is 5.69. The summed E-state index contributed by atoms with van der Waals surface area (Å²) in [5.74, 6) is 0.320. The molecule has 0 saturated carbocycles. The summed E-state index contributed by atoms with van der Waals surface area (Å²) >= 11 is 5.19. The Bertz CT molecular complexity index is 856. The summed E-state index contributed by atoms with van der Waals surface area (Å²) in [6.07, 6.45) is 0. The Labute approximate surface area is 147 Å². The molecule has 5 nitrogen and oxygen atoms in total. The third kappa shape index (κ3) is 5.14. The van der Waals surface area contributed by atoms with Crippen LogP contribution in [0.3, 0.4) is 0 Å². The van der Waals surface area contributed by atoms with Crippen molar-refractivity contribution >= 4 is 38.9 Å². The number of anilines is 1. The predicted octanol–water partition coefficient (Wildman–Crippen LogP) is 1.48. The van der Waals surface area contributed by atoms with Crippen molar-refractivity contribution < 1.29 is 12.8 Å². The van der Waals surface area contributed by atoms with Gasteiger partial charge in [-0.3, -0.25) is 0 Å². The zero-order valence-corrected chi connectivity index (χ0v) is 15.4. The van der Waals surface area contributed by atoms with Crippen molar-refractivity contribution in [1.29, 1.82) is 0 Å². The number of hydrogen-bond donors (Lipinski definition) is 3. The van der Waals surface area contributed by atoms with Crippen molar-refractivity contribution in [1.82, 2.24) is 5.32 Å². The minimum Gasteiger partial charge on any atom is -0.313 e. The van der Waals surface area contributed by atoms with Crippen molar-refractivity contribution in [2.75, 3.05) is 5.32 Å². The summed E-state index contributed by atoms with van der Waals surface area (Å²) in [6.45, 7) is 5.50. The number of nitrogens with one attached hydrogen (secondary N) is 3. The molecule has 0 radical (unpaired) electrons. The lowest BCUT2D eigenvalue weighted by atomic mass is 10.2. The molecule has 2 aromatic carbocycles. The van der Waals surface area contributed by atoms with E-state index in [9.17, 15) is 8.42 Å². The van der Waals surface area contributed by atoms with Gasteiger partial charge < -0.3 is 5.32 Å². The summed E-state index contributed by atoms with van der Waals surface area (Å²) < 4.78 is 27.1. The number of benzene rings is 2. The van der Waals surface area contributed by atoms with Crippen LogP contribution in [0.2, 0.25) is 0 Å². The van der Waals surface area contributed by atoms with Gasteiger partial charge in [-0.25, -0.2) is 5.32 Å². The minimum absolute atomic E-state index is 0.201. The number of amidine groups is 1. The molecule has 3 N–H and O–H groups in total. The van der Waals surface area contributed by atoms with Gasteiger partial charge in [-0.15, -0.1) is 0 Å². The van der Waals surface area contributed by atoms with Crippen LogP contribution in [0.5, 0.6) is 0 Å². The van der Waals surface area contributed by atoms with Gasteiger partial charge in [0.15, 0.2) is 0 Å². The molecule has 0 aliphatic carbocycles. The van der Waals surface area contributed by atoms with E-state index < -0.39 is 10.0 Å².